The summed E-state index contributed by atoms with van der Waals surface area (Å²) >= 11 is 0. The van der Waals surface area contributed by atoms with Crippen molar-refractivity contribution >= 4 is 10.0 Å². The second-order valence-electron chi connectivity index (χ2n) is 6.16. The van der Waals surface area contributed by atoms with Gasteiger partial charge in [0.15, 0.2) is 0 Å². The van der Waals surface area contributed by atoms with E-state index in [9.17, 15) is 8.42 Å². The first-order valence-electron chi connectivity index (χ1n) is 7.61. The standard InChI is InChI=1S/C15H29N3O2S/c1-6-18-10-14(7-13(18)8-16)21(19,20)17-9-15(11(2)3)12(4)5/h7,10-12,15,17H,6,8-9,16H2,1-5H3. The highest BCUT2D eigenvalue weighted by Crippen LogP contribution is 2.21. The summed E-state index contributed by atoms with van der Waals surface area (Å²) in [5.74, 6) is 1.20. The van der Waals surface area contributed by atoms with Crippen LogP contribution in [0.3, 0.4) is 0 Å². The smallest absolute Gasteiger partial charge is 0.242 e. The molecule has 0 aromatic carbocycles. The van der Waals surface area contributed by atoms with Crippen molar-refractivity contribution in [3.63, 3.8) is 0 Å². The van der Waals surface area contributed by atoms with Crippen LogP contribution in [-0.4, -0.2) is 19.5 Å². The van der Waals surface area contributed by atoms with Gasteiger partial charge in [-0.25, -0.2) is 13.1 Å². The highest BCUT2D eigenvalue weighted by molar-refractivity contribution is 7.89. The van der Waals surface area contributed by atoms with E-state index in [0.29, 0.717) is 42.3 Å². The lowest BCUT2D eigenvalue weighted by Gasteiger charge is -2.24. The van der Waals surface area contributed by atoms with Crippen LogP contribution in [0.2, 0.25) is 0 Å². The third-order valence-corrected chi connectivity index (χ3v) is 5.43. The fourth-order valence-corrected chi connectivity index (χ4v) is 3.80. The van der Waals surface area contributed by atoms with Crippen molar-refractivity contribution in [2.75, 3.05) is 6.54 Å². The quantitative estimate of drug-likeness (QED) is 0.772. The minimum Gasteiger partial charge on any atom is -0.349 e. The van der Waals surface area contributed by atoms with E-state index in [4.69, 9.17) is 5.73 Å². The average Bonchev–Trinajstić information content (AvgIpc) is 2.81. The van der Waals surface area contributed by atoms with Crippen LogP contribution in [0.5, 0.6) is 0 Å². The summed E-state index contributed by atoms with van der Waals surface area (Å²) in [6, 6.07) is 1.66. The molecule has 0 atom stereocenters. The molecular formula is C15H29N3O2S. The first-order valence-corrected chi connectivity index (χ1v) is 9.10. The summed E-state index contributed by atoms with van der Waals surface area (Å²) in [5, 5.41) is 0. The van der Waals surface area contributed by atoms with Crippen LogP contribution < -0.4 is 10.5 Å². The van der Waals surface area contributed by atoms with Crippen LogP contribution in [0.25, 0.3) is 0 Å². The molecule has 1 aromatic heterocycles. The third kappa shape index (κ3) is 4.56. The Kier molecular flexibility index (Phi) is 6.43. The lowest BCUT2D eigenvalue weighted by atomic mass is 9.86. The van der Waals surface area contributed by atoms with E-state index in [1.165, 1.54) is 0 Å². The topological polar surface area (TPSA) is 77.1 Å². The molecule has 0 fully saturated rings. The van der Waals surface area contributed by atoms with Gasteiger partial charge in [-0.05, 0) is 30.7 Å². The number of nitrogens with one attached hydrogen (secondary N) is 1. The van der Waals surface area contributed by atoms with Crippen molar-refractivity contribution in [3.05, 3.63) is 18.0 Å². The monoisotopic (exact) mass is 315 g/mol. The minimum atomic E-state index is -3.47. The summed E-state index contributed by atoms with van der Waals surface area (Å²) in [6.07, 6.45) is 1.66. The van der Waals surface area contributed by atoms with Crippen molar-refractivity contribution in [1.82, 2.24) is 9.29 Å². The Balaban J connectivity index is 2.89. The molecule has 0 saturated heterocycles. The van der Waals surface area contributed by atoms with Crippen molar-refractivity contribution in [2.24, 2.45) is 23.5 Å². The molecule has 0 radical (unpaired) electrons. The maximum absolute atomic E-state index is 12.4. The van der Waals surface area contributed by atoms with Gasteiger partial charge in [-0.15, -0.1) is 0 Å². The molecule has 0 saturated carbocycles. The van der Waals surface area contributed by atoms with E-state index < -0.39 is 10.0 Å². The van der Waals surface area contributed by atoms with Crippen molar-refractivity contribution in [2.45, 2.75) is 52.6 Å². The number of rotatable bonds is 8. The van der Waals surface area contributed by atoms with Crippen LogP contribution >= 0.6 is 0 Å². The van der Waals surface area contributed by atoms with Gasteiger partial charge < -0.3 is 10.3 Å². The molecule has 3 N–H and O–H groups in total. The van der Waals surface area contributed by atoms with Crippen LogP contribution in [0.15, 0.2) is 17.2 Å². The molecule has 1 aromatic rings. The predicted molar refractivity (Wildman–Crippen MR) is 86.4 cm³/mol. The van der Waals surface area contributed by atoms with Crippen LogP contribution in [0.1, 0.15) is 40.3 Å². The van der Waals surface area contributed by atoms with Gasteiger partial charge in [0.25, 0.3) is 0 Å². The summed E-state index contributed by atoms with van der Waals surface area (Å²) < 4.78 is 29.4. The van der Waals surface area contributed by atoms with Crippen molar-refractivity contribution < 1.29 is 8.42 Å². The highest BCUT2D eigenvalue weighted by atomic mass is 32.2. The number of hydrogen-bond acceptors (Lipinski definition) is 3. The number of aromatic nitrogens is 1. The Hall–Kier alpha value is -0.850. The van der Waals surface area contributed by atoms with Gasteiger partial charge in [0.1, 0.15) is 0 Å². The number of nitrogens with zero attached hydrogens (tertiary/aromatic N) is 1. The zero-order chi connectivity index (χ0) is 16.2. The molecule has 1 heterocycles. The predicted octanol–water partition coefficient (Wildman–Crippen LogP) is 2.17. The van der Waals surface area contributed by atoms with Crippen LogP contribution in [-0.2, 0) is 23.1 Å². The number of hydrogen-bond donors (Lipinski definition) is 2. The lowest BCUT2D eigenvalue weighted by molar-refractivity contribution is 0.289. The second kappa shape index (κ2) is 7.42. The molecule has 0 aliphatic rings. The van der Waals surface area contributed by atoms with E-state index >= 15 is 0 Å². The van der Waals surface area contributed by atoms with E-state index in [1.54, 1.807) is 12.3 Å². The normalized spacial score (nSPS) is 12.8. The molecule has 0 bridgehead atoms. The van der Waals surface area contributed by atoms with E-state index in [0.717, 1.165) is 5.69 Å². The second-order valence-corrected chi connectivity index (χ2v) is 7.93. The number of sulfonamides is 1. The van der Waals surface area contributed by atoms with Gasteiger partial charge in [-0.2, -0.15) is 0 Å². The van der Waals surface area contributed by atoms with Crippen molar-refractivity contribution in [1.29, 1.82) is 0 Å². The molecule has 0 unspecified atom stereocenters. The zero-order valence-corrected chi connectivity index (χ0v) is 14.6. The van der Waals surface area contributed by atoms with Gasteiger partial charge >= 0.3 is 0 Å². The fourth-order valence-electron chi connectivity index (χ4n) is 2.67. The van der Waals surface area contributed by atoms with E-state index in [2.05, 4.69) is 32.4 Å². The molecule has 0 spiro atoms. The number of nitrogens with two attached hydrogens (primary N) is 1. The zero-order valence-electron chi connectivity index (χ0n) is 13.8. The maximum atomic E-state index is 12.4. The Morgan fingerprint density at radius 3 is 2.19 bits per heavy atom. The molecule has 122 valence electrons. The average molecular weight is 315 g/mol. The lowest BCUT2D eigenvalue weighted by Crippen LogP contribution is -2.33. The van der Waals surface area contributed by atoms with Gasteiger partial charge in [0.05, 0.1) is 4.90 Å². The molecule has 21 heavy (non-hydrogen) atoms. The summed E-state index contributed by atoms with van der Waals surface area (Å²) in [4.78, 5) is 0.302. The SMILES string of the molecule is CCn1cc(S(=O)(=O)NCC(C(C)C)C(C)C)cc1CN. The Labute approximate surface area is 129 Å². The van der Waals surface area contributed by atoms with Gasteiger partial charge in [-0.1, -0.05) is 27.7 Å². The molecular weight excluding hydrogens is 286 g/mol. The molecule has 5 nitrogen and oxygen atoms in total. The molecule has 0 aliphatic heterocycles. The van der Waals surface area contributed by atoms with Gasteiger partial charge in [-0.3, -0.25) is 0 Å². The minimum absolute atomic E-state index is 0.302. The third-order valence-electron chi connectivity index (χ3n) is 4.04. The van der Waals surface area contributed by atoms with Crippen LogP contribution in [0, 0.1) is 17.8 Å². The van der Waals surface area contributed by atoms with Gasteiger partial charge in [0, 0.05) is 31.5 Å². The maximum Gasteiger partial charge on any atom is 0.242 e. The first kappa shape index (κ1) is 18.2. The van der Waals surface area contributed by atoms with Gasteiger partial charge in [0.2, 0.25) is 10.0 Å². The molecule has 0 aliphatic carbocycles. The van der Waals surface area contributed by atoms with Crippen LogP contribution in [0.4, 0.5) is 0 Å². The van der Waals surface area contributed by atoms with E-state index in [1.807, 2.05) is 11.5 Å². The number of aryl methyl sites for hydroxylation is 1. The summed E-state index contributed by atoms with van der Waals surface area (Å²) in [6.45, 7) is 12.0. The fraction of sp³-hybridized carbons (Fsp3) is 0.733. The molecule has 6 heteroatoms. The Bertz CT molecular complexity index is 518. The highest BCUT2D eigenvalue weighted by Gasteiger charge is 2.22. The molecule has 1 rings (SSSR count). The van der Waals surface area contributed by atoms with E-state index in [-0.39, 0.29) is 0 Å². The molecule has 0 amide bonds. The summed E-state index contributed by atoms with van der Waals surface area (Å²) in [7, 11) is -3.47. The summed E-state index contributed by atoms with van der Waals surface area (Å²) in [5.41, 5.74) is 6.48. The Morgan fingerprint density at radius 2 is 1.81 bits per heavy atom. The first-order chi connectivity index (χ1) is 9.72. The largest absolute Gasteiger partial charge is 0.349 e. The Morgan fingerprint density at radius 1 is 1.24 bits per heavy atom. The van der Waals surface area contributed by atoms with Crippen molar-refractivity contribution in [3.8, 4) is 0 Å².